The highest BCUT2D eigenvalue weighted by Crippen LogP contribution is 2.45. The molecule has 0 amide bonds. The number of hydrogen-bond donors (Lipinski definition) is 0. The smallest absolute Gasteiger partial charge is 0.252 e. The molecule has 1 aliphatic carbocycles. The van der Waals surface area contributed by atoms with Crippen LogP contribution in [0.4, 0.5) is 28.4 Å². The van der Waals surface area contributed by atoms with Crippen molar-refractivity contribution >= 4 is 51.5 Å². The number of anilines is 5. The molecule has 0 saturated heterocycles. The average molecular weight is 647 g/mol. The fourth-order valence-electron chi connectivity index (χ4n) is 8.01. The molecule has 0 N–H and O–H groups in total. The van der Waals surface area contributed by atoms with E-state index in [1.54, 1.807) is 0 Å². The van der Waals surface area contributed by atoms with Crippen LogP contribution in [0.3, 0.4) is 0 Å². The molecule has 7 rings (SSSR count). The first-order chi connectivity index (χ1) is 22.8. The van der Waals surface area contributed by atoms with Gasteiger partial charge in [-0.2, -0.15) is 0 Å². The summed E-state index contributed by atoms with van der Waals surface area (Å²) in [5.74, 6) is 0. The summed E-state index contributed by atoms with van der Waals surface area (Å²) in [6.45, 7) is 28.1. The highest BCUT2D eigenvalue weighted by molar-refractivity contribution is 7.00. The summed E-state index contributed by atoms with van der Waals surface area (Å²) in [6.07, 6.45) is 6.92. The van der Waals surface area contributed by atoms with E-state index in [0.29, 0.717) is 0 Å². The summed E-state index contributed by atoms with van der Waals surface area (Å²) in [6, 6.07) is 30.9. The fraction of sp³-hybridized carbons (Fsp3) is 0.391. The highest BCUT2D eigenvalue weighted by Gasteiger charge is 2.44. The molecule has 3 heteroatoms. The first kappa shape index (κ1) is 33.5. The van der Waals surface area contributed by atoms with Gasteiger partial charge in [-0.1, -0.05) is 137 Å². The molecule has 0 saturated carbocycles. The minimum atomic E-state index is 0.0365. The molecular weight excluding hydrogens is 591 g/mol. The molecule has 2 heterocycles. The SMILES string of the molecule is CC(C)(C)C1=CC=C(N2c3ccc(C(C)(C)C)cc3B3c4cc(C(C)(C)C)ccc4N(c4ccc(C(C)(C)C)cc4)c4cccc2c43)CC1. The highest BCUT2D eigenvalue weighted by atomic mass is 15.2. The van der Waals surface area contributed by atoms with E-state index in [0.717, 1.165) is 12.8 Å². The summed E-state index contributed by atoms with van der Waals surface area (Å²) in [7, 11) is 0. The zero-order valence-corrected chi connectivity index (χ0v) is 32.0. The van der Waals surface area contributed by atoms with Gasteiger partial charge in [0.1, 0.15) is 0 Å². The number of rotatable bonds is 2. The van der Waals surface area contributed by atoms with E-state index < -0.39 is 0 Å². The quantitative estimate of drug-likeness (QED) is 0.176. The molecule has 4 aromatic rings. The van der Waals surface area contributed by atoms with Crippen LogP contribution in [0.2, 0.25) is 0 Å². The number of nitrogens with zero attached hydrogens (tertiary/aromatic N) is 2. The van der Waals surface area contributed by atoms with Gasteiger partial charge in [-0.15, -0.1) is 0 Å². The van der Waals surface area contributed by atoms with Crippen LogP contribution >= 0.6 is 0 Å². The Labute approximate surface area is 297 Å². The van der Waals surface area contributed by atoms with Crippen molar-refractivity contribution in [1.29, 1.82) is 0 Å². The zero-order valence-electron chi connectivity index (χ0n) is 32.0. The number of hydrogen-bond acceptors (Lipinski definition) is 2. The predicted octanol–water partition coefficient (Wildman–Crippen LogP) is 11.0. The molecule has 0 unspecified atom stereocenters. The second-order valence-corrected chi connectivity index (χ2v) is 18.8. The van der Waals surface area contributed by atoms with E-state index in [1.807, 2.05) is 0 Å². The van der Waals surface area contributed by atoms with Gasteiger partial charge >= 0.3 is 0 Å². The molecule has 0 fully saturated rings. The topological polar surface area (TPSA) is 6.48 Å². The Hall–Kier alpha value is -3.98. The van der Waals surface area contributed by atoms with Gasteiger partial charge in [-0.25, -0.2) is 0 Å². The maximum Gasteiger partial charge on any atom is 0.252 e. The summed E-state index contributed by atoms with van der Waals surface area (Å²) < 4.78 is 0. The van der Waals surface area contributed by atoms with Crippen LogP contribution in [0.1, 0.15) is 113 Å². The number of allylic oxidation sites excluding steroid dienone is 4. The van der Waals surface area contributed by atoms with E-state index in [-0.39, 0.29) is 28.4 Å². The van der Waals surface area contributed by atoms with Gasteiger partial charge in [0.25, 0.3) is 6.71 Å². The van der Waals surface area contributed by atoms with Gasteiger partial charge in [0.05, 0.1) is 0 Å². The minimum Gasteiger partial charge on any atom is -0.315 e. The Balaban J connectivity index is 1.53. The first-order valence-electron chi connectivity index (χ1n) is 18.4. The Morgan fingerprint density at radius 2 is 0.959 bits per heavy atom. The maximum absolute atomic E-state index is 2.60. The Bertz CT molecular complexity index is 2000. The van der Waals surface area contributed by atoms with Crippen LogP contribution in [0, 0.1) is 5.41 Å². The van der Waals surface area contributed by atoms with Gasteiger partial charge in [0.2, 0.25) is 0 Å². The van der Waals surface area contributed by atoms with Gasteiger partial charge < -0.3 is 9.80 Å². The van der Waals surface area contributed by atoms with Crippen LogP contribution in [0.15, 0.2) is 102 Å². The van der Waals surface area contributed by atoms with E-state index in [9.17, 15) is 0 Å². The lowest BCUT2D eigenvalue weighted by Crippen LogP contribution is -2.62. The predicted molar refractivity (Wildman–Crippen MR) is 215 cm³/mol. The van der Waals surface area contributed by atoms with Crippen molar-refractivity contribution in [3.05, 3.63) is 119 Å². The van der Waals surface area contributed by atoms with Crippen molar-refractivity contribution < 1.29 is 0 Å². The molecule has 0 radical (unpaired) electrons. The normalized spacial score (nSPS) is 16.1. The lowest BCUT2D eigenvalue weighted by molar-refractivity contribution is 0.479. The molecule has 2 nitrogen and oxygen atoms in total. The first-order valence-corrected chi connectivity index (χ1v) is 18.4. The molecule has 2 aliphatic heterocycles. The van der Waals surface area contributed by atoms with E-state index in [4.69, 9.17) is 0 Å². The lowest BCUT2D eigenvalue weighted by Gasteiger charge is -2.45. The second kappa shape index (κ2) is 11.3. The van der Waals surface area contributed by atoms with Gasteiger partial charge in [0.15, 0.2) is 0 Å². The monoisotopic (exact) mass is 646 g/mol. The number of benzene rings is 4. The zero-order chi connectivity index (χ0) is 35.3. The summed E-state index contributed by atoms with van der Waals surface area (Å²) >= 11 is 0. The molecule has 252 valence electrons. The molecule has 0 atom stereocenters. The Kier molecular flexibility index (Phi) is 7.71. The van der Waals surface area contributed by atoms with Crippen LogP contribution in [-0.2, 0) is 16.2 Å². The Morgan fingerprint density at radius 3 is 1.43 bits per heavy atom. The summed E-state index contributed by atoms with van der Waals surface area (Å²) in [4.78, 5) is 5.14. The number of fused-ring (bicyclic) bond motifs is 4. The molecule has 0 spiro atoms. The third-order valence-electron chi connectivity index (χ3n) is 11.1. The van der Waals surface area contributed by atoms with E-state index in [1.165, 1.54) is 72.8 Å². The van der Waals surface area contributed by atoms with Crippen LogP contribution < -0.4 is 26.2 Å². The van der Waals surface area contributed by atoms with Crippen molar-refractivity contribution in [3.63, 3.8) is 0 Å². The second-order valence-electron chi connectivity index (χ2n) is 18.8. The van der Waals surface area contributed by atoms with Crippen LogP contribution in [-0.4, -0.2) is 6.71 Å². The summed E-state index contributed by atoms with van der Waals surface area (Å²) in [5, 5.41) is 0. The van der Waals surface area contributed by atoms with Crippen molar-refractivity contribution in [2.24, 2.45) is 5.41 Å². The van der Waals surface area contributed by atoms with E-state index in [2.05, 4.69) is 184 Å². The average Bonchev–Trinajstić information content (AvgIpc) is 3.02. The van der Waals surface area contributed by atoms with E-state index >= 15 is 0 Å². The molecule has 3 aliphatic rings. The molecule has 49 heavy (non-hydrogen) atoms. The van der Waals surface area contributed by atoms with Gasteiger partial charge in [0, 0.05) is 34.1 Å². The minimum absolute atomic E-state index is 0.0365. The third kappa shape index (κ3) is 5.78. The van der Waals surface area contributed by atoms with Crippen molar-refractivity contribution in [2.75, 3.05) is 9.80 Å². The maximum atomic E-state index is 2.60. The molecule has 4 aromatic carbocycles. The molecular formula is C46H55BN2. The van der Waals surface area contributed by atoms with Crippen molar-refractivity contribution in [3.8, 4) is 0 Å². The largest absolute Gasteiger partial charge is 0.315 e. The third-order valence-corrected chi connectivity index (χ3v) is 11.1. The summed E-state index contributed by atoms with van der Waals surface area (Å²) in [5.41, 5.74) is 18.0. The van der Waals surface area contributed by atoms with Gasteiger partial charge in [-0.05, 0) is 110 Å². The lowest BCUT2D eigenvalue weighted by atomic mass is 9.33. The van der Waals surface area contributed by atoms with Crippen LogP contribution in [0.5, 0.6) is 0 Å². The molecule has 0 bridgehead atoms. The Morgan fingerprint density at radius 1 is 0.469 bits per heavy atom. The fourth-order valence-corrected chi connectivity index (χ4v) is 8.01. The standard InChI is InChI=1S/C46H55BN2/c1-43(2,3)30-16-22-34(23-17-30)48-38-26-20-32(45(7,8)9)28-36(38)47-37-29-33(46(10,11)12)21-27-39(37)49(41-15-13-14-40(48)42(41)47)35-24-18-31(19-25-35)44(4,5)6/h13-18,20-24,26-29H,19,25H2,1-12H3. The van der Waals surface area contributed by atoms with Crippen molar-refractivity contribution in [2.45, 2.75) is 112 Å². The van der Waals surface area contributed by atoms with Crippen molar-refractivity contribution in [1.82, 2.24) is 0 Å². The van der Waals surface area contributed by atoms with Crippen LogP contribution in [0.25, 0.3) is 0 Å². The molecule has 0 aromatic heterocycles. The van der Waals surface area contributed by atoms with Gasteiger partial charge in [-0.3, -0.25) is 0 Å².